The smallest absolute Gasteiger partial charge is 0.314 e. The van der Waals surface area contributed by atoms with Gasteiger partial charge in [-0.15, -0.1) is 11.8 Å². The molecular weight excluding hydrogens is 300 g/mol. The Morgan fingerprint density at radius 1 is 1.05 bits per heavy atom. The van der Waals surface area contributed by atoms with Crippen LogP contribution in [0.25, 0.3) is 0 Å². The van der Waals surface area contributed by atoms with Gasteiger partial charge in [-0.05, 0) is 55.1 Å². The Morgan fingerprint density at radius 2 is 1.77 bits per heavy atom. The van der Waals surface area contributed by atoms with Crippen molar-refractivity contribution in [1.82, 2.24) is 0 Å². The molecule has 0 radical (unpaired) electrons. The lowest BCUT2D eigenvalue weighted by Gasteiger charge is -2.09. The van der Waals surface area contributed by atoms with E-state index in [9.17, 15) is 14.7 Å². The third-order valence-corrected chi connectivity index (χ3v) is 3.72. The van der Waals surface area contributed by atoms with E-state index < -0.39 is 11.8 Å². The average molecular weight is 316 g/mol. The first-order valence-electron chi connectivity index (χ1n) is 6.55. The van der Waals surface area contributed by atoms with Crippen molar-refractivity contribution in [2.45, 2.75) is 11.8 Å². The molecule has 22 heavy (non-hydrogen) atoms. The van der Waals surface area contributed by atoms with Gasteiger partial charge in [-0.3, -0.25) is 9.59 Å². The number of aryl methyl sites for hydroxylation is 1. The lowest BCUT2D eigenvalue weighted by Crippen LogP contribution is -2.29. The Kier molecular flexibility index (Phi) is 5.06. The maximum atomic E-state index is 11.9. The van der Waals surface area contributed by atoms with Crippen LogP contribution in [0.2, 0.25) is 0 Å². The van der Waals surface area contributed by atoms with Crippen LogP contribution in [0.4, 0.5) is 11.4 Å². The molecule has 0 spiro atoms. The molecule has 0 unspecified atom stereocenters. The first kappa shape index (κ1) is 15.9. The van der Waals surface area contributed by atoms with E-state index in [-0.39, 0.29) is 5.75 Å². The van der Waals surface area contributed by atoms with Crippen LogP contribution >= 0.6 is 11.8 Å². The van der Waals surface area contributed by atoms with Crippen molar-refractivity contribution in [2.24, 2.45) is 0 Å². The standard InChI is InChI=1S/C16H16N2O3S/c1-10-8-12(19)6-7-14(10)18-16(21)15(20)17-11-4-3-5-13(9-11)22-2/h3-9,19H,1-2H3,(H,17,20)(H,18,21). The summed E-state index contributed by atoms with van der Waals surface area (Å²) in [7, 11) is 0. The van der Waals surface area contributed by atoms with Crippen LogP contribution < -0.4 is 10.6 Å². The molecule has 0 fully saturated rings. The molecule has 3 N–H and O–H groups in total. The molecule has 0 atom stereocenters. The molecule has 0 aliphatic rings. The SMILES string of the molecule is CSc1cccc(NC(=O)C(=O)Nc2ccc(O)cc2C)c1. The van der Waals surface area contributed by atoms with Gasteiger partial charge >= 0.3 is 11.8 Å². The van der Waals surface area contributed by atoms with Gasteiger partial charge in [0.1, 0.15) is 5.75 Å². The van der Waals surface area contributed by atoms with Gasteiger partial charge in [-0.1, -0.05) is 6.07 Å². The quantitative estimate of drug-likeness (QED) is 0.462. The van der Waals surface area contributed by atoms with Crippen LogP contribution in [0.15, 0.2) is 47.4 Å². The van der Waals surface area contributed by atoms with E-state index in [1.807, 2.05) is 18.4 Å². The molecule has 0 aliphatic carbocycles. The highest BCUT2D eigenvalue weighted by atomic mass is 32.2. The van der Waals surface area contributed by atoms with Gasteiger partial charge < -0.3 is 15.7 Å². The van der Waals surface area contributed by atoms with E-state index in [0.29, 0.717) is 16.9 Å². The molecule has 0 aromatic heterocycles. The van der Waals surface area contributed by atoms with Crippen molar-refractivity contribution in [3.63, 3.8) is 0 Å². The summed E-state index contributed by atoms with van der Waals surface area (Å²) in [4.78, 5) is 24.8. The summed E-state index contributed by atoms with van der Waals surface area (Å²) >= 11 is 1.55. The van der Waals surface area contributed by atoms with Crippen LogP contribution in [-0.2, 0) is 9.59 Å². The summed E-state index contributed by atoms with van der Waals surface area (Å²) in [5.41, 5.74) is 1.72. The predicted molar refractivity (Wildman–Crippen MR) is 88.3 cm³/mol. The van der Waals surface area contributed by atoms with Crippen molar-refractivity contribution < 1.29 is 14.7 Å². The van der Waals surface area contributed by atoms with E-state index in [1.54, 1.807) is 36.9 Å². The summed E-state index contributed by atoms with van der Waals surface area (Å²) in [5.74, 6) is -1.40. The van der Waals surface area contributed by atoms with Gasteiger partial charge in [0, 0.05) is 16.3 Å². The topological polar surface area (TPSA) is 78.4 Å². The molecule has 0 bridgehead atoms. The number of thioether (sulfide) groups is 1. The highest BCUT2D eigenvalue weighted by Crippen LogP contribution is 2.21. The zero-order chi connectivity index (χ0) is 16.1. The molecule has 5 nitrogen and oxygen atoms in total. The minimum atomic E-state index is -0.761. The number of nitrogens with one attached hydrogen (secondary N) is 2. The molecule has 2 rings (SSSR count). The fraction of sp³-hybridized carbons (Fsp3) is 0.125. The number of phenolic OH excluding ortho intramolecular Hbond substituents is 1. The number of hydrogen-bond acceptors (Lipinski definition) is 4. The largest absolute Gasteiger partial charge is 0.508 e. The van der Waals surface area contributed by atoms with Gasteiger partial charge in [0.25, 0.3) is 0 Å². The molecular formula is C16H16N2O3S. The summed E-state index contributed by atoms with van der Waals surface area (Å²) < 4.78 is 0. The Labute approximate surface area is 132 Å². The lowest BCUT2D eigenvalue weighted by molar-refractivity contribution is -0.133. The highest BCUT2D eigenvalue weighted by Gasteiger charge is 2.15. The Balaban J connectivity index is 2.04. The number of amides is 2. The third kappa shape index (κ3) is 4.02. The number of phenols is 1. The second kappa shape index (κ2) is 7.00. The molecule has 0 saturated heterocycles. The van der Waals surface area contributed by atoms with Gasteiger partial charge in [-0.25, -0.2) is 0 Å². The van der Waals surface area contributed by atoms with Gasteiger partial charge in [0.15, 0.2) is 0 Å². The number of carbonyl (C=O) groups is 2. The second-order valence-corrected chi connectivity index (χ2v) is 5.52. The average Bonchev–Trinajstić information content (AvgIpc) is 2.50. The summed E-state index contributed by atoms with van der Waals surface area (Å²) in [6.07, 6.45) is 1.93. The zero-order valence-electron chi connectivity index (χ0n) is 12.2. The first-order valence-corrected chi connectivity index (χ1v) is 7.78. The number of carbonyl (C=O) groups excluding carboxylic acids is 2. The van der Waals surface area contributed by atoms with Gasteiger partial charge in [0.2, 0.25) is 0 Å². The molecule has 2 amide bonds. The molecule has 2 aromatic rings. The molecule has 0 saturated carbocycles. The van der Waals surface area contributed by atoms with Crippen LogP contribution in [-0.4, -0.2) is 23.2 Å². The van der Waals surface area contributed by atoms with Crippen molar-refractivity contribution in [1.29, 1.82) is 0 Å². The van der Waals surface area contributed by atoms with Crippen molar-refractivity contribution in [3.8, 4) is 5.75 Å². The molecule has 0 aliphatic heterocycles. The number of benzene rings is 2. The first-order chi connectivity index (χ1) is 10.5. The third-order valence-electron chi connectivity index (χ3n) is 2.99. The molecule has 114 valence electrons. The zero-order valence-corrected chi connectivity index (χ0v) is 13.0. The summed E-state index contributed by atoms with van der Waals surface area (Å²) in [6.45, 7) is 1.73. The van der Waals surface area contributed by atoms with Crippen LogP contribution in [0.5, 0.6) is 5.75 Å². The highest BCUT2D eigenvalue weighted by molar-refractivity contribution is 7.98. The van der Waals surface area contributed by atoms with Gasteiger partial charge in [0.05, 0.1) is 0 Å². The number of rotatable bonds is 3. The van der Waals surface area contributed by atoms with E-state index in [0.717, 1.165) is 4.90 Å². The number of aromatic hydroxyl groups is 1. The number of anilines is 2. The lowest BCUT2D eigenvalue weighted by atomic mass is 10.2. The van der Waals surface area contributed by atoms with Crippen LogP contribution in [0.3, 0.4) is 0 Å². The van der Waals surface area contributed by atoms with E-state index in [2.05, 4.69) is 10.6 Å². The monoisotopic (exact) mass is 316 g/mol. The number of hydrogen-bond donors (Lipinski definition) is 3. The summed E-state index contributed by atoms with van der Waals surface area (Å²) in [5, 5.41) is 14.4. The molecule has 6 heteroatoms. The van der Waals surface area contributed by atoms with Crippen LogP contribution in [0, 0.1) is 6.92 Å². The Hall–Kier alpha value is -2.47. The van der Waals surface area contributed by atoms with Crippen LogP contribution in [0.1, 0.15) is 5.56 Å². The molecule has 0 heterocycles. The fourth-order valence-corrected chi connectivity index (χ4v) is 2.32. The Bertz CT molecular complexity index is 716. The van der Waals surface area contributed by atoms with Gasteiger partial charge in [-0.2, -0.15) is 0 Å². The summed E-state index contributed by atoms with van der Waals surface area (Å²) in [6, 6.07) is 11.7. The predicted octanol–water partition coefficient (Wildman–Crippen LogP) is 3.00. The Morgan fingerprint density at radius 3 is 2.45 bits per heavy atom. The molecule has 2 aromatic carbocycles. The maximum Gasteiger partial charge on any atom is 0.314 e. The normalized spacial score (nSPS) is 10.1. The minimum absolute atomic E-state index is 0.105. The minimum Gasteiger partial charge on any atom is -0.508 e. The van der Waals surface area contributed by atoms with Crippen molar-refractivity contribution in [3.05, 3.63) is 48.0 Å². The van der Waals surface area contributed by atoms with Crippen molar-refractivity contribution >= 4 is 35.0 Å². The van der Waals surface area contributed by atoms with E-state index in [4.69, 9.17) is 0 Å². The maximum absolute atomic E-state index is 11.9. The van der Waals surface area contributed by atoms with Crippen molar-refractivity contribution in [2.75, 3.05) is 16.9 Å². The van der Waals surface area contributed by atoms with E-state index in [1.165, 1.54) is 12.1 Å². The van der Waals surface area contributed by atoms with E-state index >= 15 is 0 Å². The fourth-order valence-electron chi connectivity index (χ4n) is 1.86. The second-order valence-electron chi connectivity index (χ2n) is 4.64.